The van der Waals surface area contributed by atoms with Gasteiger partial charge in [-0.1, -0.05) is 13.3 Å². The van der Waals surface area contributed by atoms with Gasteiger partial charge in [0, 0.05) is 19.8 Å². The molecule has 4 heteroatoms. The lowest BCUT2D eigenvalue weighted by atomic mass is 10.2. The highest BCUT2D eigenvalue weighted by atomic mass is 16.5. The maximum atomic E-state index is 11.4. The quantitative estimate of drug-likeness (QED) is 0.580. The van der Waals surface area contributed by atoms with Gasteiger partial charge in [-0.3, -0.25) is 4.79 Å². The predicted molar refractivity (Wildman–Crippen MR) is 64.1 cm³/mol. The van der Waals surface area contributed by atoms with Gasteiger partial charge in [0.25, 0.3) is 0 Å². The standard InChI is InChI=1S/C12H24N2O2/c1-2-4-11(13)12(15)14-7-3-8-16-9-10-5-6-10/h10-11H,2-9,13H2,1H3,(H,14,15)/t11-/m0/s1. The summed E-state index contributed by atoms with van der Waals surface area (Å²) in [6.07, 6.45) is 5.21. The molecule has 1 amide bonds. The molecule has 94 valence electrons. The van der Waals surface area contributed by atoms with E-state index >= 15 is 0 Å². The fourth-order valence-corrected chi connectivity index (χ4v) is 1.49. The highest BCUT2D eigenvalue weighted by Crippen LogP contribution is 2.28. The molecule has 0 radical (unpaired) electrons. The molecule has 16 heavy (non-hydrogen) atoms. The molecule has 1 aliphatic carbocycles. The average Bonchev–Trinajstić information content (AvgIpc) is 3.07. The summed E-state index contributed by atoms with van der Waals surface area (Å²) in [5.41, 5.74) is 5.67. The van der Waals surface area contributed by atoms with Crippen LogP contribution in [0.4, 0.5) is 0 Å². The molecule has 1 saturated carbocycles. The maximum Gasteiger partial charge on any atom is 0.236 e. The van der Waals surface area contributed by atoms with Crippen LogP contribution in [0.3, 0.4) is 0 Å². The van der Waals surface area contributed by atoms with E-state index < -0.39 is 0 Å². The molecule has 0 spiro atoms. The minimum absolute atomic E-state index is 0.0379. The van der Waals surface area contributed by atoms with Crippen LogP contribution in [0, 0.1) is 5.92 Å². The monoisotopic (exact) mass is 228 g/mol. The maximum absolute atomic E-state index is 11.4. The molecule has 0 aromatic heterocycles. The van der Waals surface area contributed by atoms with Crippen LogP contribution in [-0.2, 0) is 9.53 Å². The van der Waals surface area contributed by atoms with E-state index in [9.17, 15) is 4.79 Å². The van der Waals surface area contributed by atoms with E-state index in [0.29, 0.717) is 6.54 Å². The molecule has 1 atom stereocenters. The summed E-state index contributed by atoms with van der Waals surface area (Å²) in [6.45, 7) is 4.32. The molecular formula is C12H24N2O2. The number of nitrogens with two attached hydrogens (primary N) is 1. The highest BCUT2D eigenvalue weighted by Gasteiger charge is 2.20. The molecule has 4 nitrogen and oxygen atoms in total. The van der Waals surface area contributed by atoms with Gasteiger partial charge in [0.15, 0.2) is 0 Å². The Kier molecular flexibility index (Phi) is 6.42. The Hall–Kier alpha value is -0.610. The smallest absolute Gasteiger partial charge is 0.236 e. The Bertz CT molecular complexity index is 205. The van der Waals surface area contributed by atoms with Gasteiger partial charge in [0.2, 0.25) is 5.91 Å². The zero-order chi connectivity index (χ0) is 11.8. The van der Waals surface area contributed by atoms with E-state index in [-0.39, 0.29) is 11.9 Å². The normalized spacial score (nSPS) is 17.1. The van der Waals surface area contributed by atoms with Crippen molar-refractivity contribution in [2.24, 2.45) is 11.7 Å². The SMILES string of the molecule is CCC[C@H](N)C(=O)NCCCOCC1CC1. The van der Waals surface area contributed by atoms with Gasteiger partial charge in [0.1, 0.15) is 0 Å². The minimum Gasteiger partial charge on any atom is -0.381 e. The lowest BCUT2D eigenvalue weighted by Crippen LogP contribution is -2.40. The number of ether oxygens (including phenoxy) is 1. The van der Waals surface area contributed by atoms with Crippen molar-refractivity contribution in [2.45, 2.75) is 45.1 Å². The van der Waals surface area contributed by atoms with Crippen molar-refractivity contribution in [1.82, 2.24) is 5.32 Å². The second kappa shape index (κ2) is 7.63. The van der Waals surface area contributed by atoms with Crippen LogP contribution in [0.2, 0.25) is 0 Å². The first-order valence-electron chi connectivity index (χ1n) is 6.35. The first kappa shape index (κ1) is 13.5. The Morgan fingerprint density at radius 3 is 2.94 bits per heavy atom. The zero-order valence-corrected chi connectivity index (χ0v) is 10.2. The van der Waals surface area contributed by atoms with Crippen LogP contribution < -0.4 is 11.1 Å². The van der Waals surface area contributed by atoms with Gasteiger partial charge >= 0.3 is 0 Å². The number of rotatable bonds is 9. The van der Waals surface area contributed by atoms with Crippen LogP contribution in [0.25, 0.3) is 0 Å². The average molecular weight is 228 g/mol. The molecule has 0 unspecified atom stereocenters. The minimum atomic E-state index is -0.350. The van der Waals surface area contributed by atoms with Gasteiger partial charge in [-0.2, -0.15) is 0 Å². The molecular weight excluding hydrogens is 204 g/mol. The van der Waals surface area contributed by atoms with Crippen molar-refractivity contribution >= 4 is 5.91 Å². The molecule has 1 fully saturated rings. The largest absolute Gasteiger partial charge is 0.381 e. The van der Waals surface area contributed by atoms with Crippen molar-refractivity contribution in [3.8, 4) is 0 Å². The molecule has 0 aromatic carbocycles. The molecule has 0 heterocycles. The van der Waals surface area contributed by atoms with Crippen LogP contribution in [0.15, 0.2) is 0 Å². The van der Waals surface area contributed by atoms with Crippen molar-refractivity contribution in [3.63, 3.8) is 0 Å². The second-order valence-corrected chi connectivity index (χ2v) is 4.56. The fraction of sp³-hybridized carbons (Fsp3) is 0.917. The predicted octanol–water partition coefficient (Wildman–Crippen LogP) is 1.05. The Morgan fingerprint density at radius 1 is 1.56 bits per heavy atom. The summed E-state index contributed by atoms with van der Waals surface area (Å²) >= 11 is 0. The van der Waals surface area contributed by atoms with Gasteiger partial charge < -0.3 is 15.8 Å². The number of nitrogens with one attached hydrogen (secondary N) is 1. The van der Waals surface area contributed by atoms with Crippen LogP contribution >= 0.6 is 0 Å². The highest BCUT2D eigenvalue weighted by molar-refractivity contribution is 5.81. The van der Waals surface area contributed by atoms with Gasteiger partial charge in [-0.05, 0) is 31.6 Å². The van der Waals surface area contributed by atoms with Crippen molar-refractivity contribution < 1.29 is 9.53 Å². The molecule has 0 aliphatic heterocycles. The first-order chi connectivity index (χ1) is 7.74. The Balaban J connectivity index is 1.86. The fourth-order valence-electron chi connectivity index (χ4n) is 1.49. The molecule has 0 saturated heterocycles. The summed E-state index contributed by atoms with van der Waals surface area (Å²) in [5.74, 6) is 0.775. The Labute approximate surface area is 97.9 Å². The third kappa shape index (κ3) is 6.08. The lowest BCUT2D eigenvalue weighted by molar-refractivity contribution is -0.122. The van der Waals surface area contributed by atoms with E-state index in [0.717, 1.165) is 38.4 Å². The van der Waals surface area contributed by atoms with Crippen LogP contribution in [0.1, 0.15) is 39.0 Å². The van der Waals surface area contributed by atoms with Crippen molar-refractivity contribution in [1.29, 1.82) is 0 Å². The van der Waals surface area contributed by atoms with Crippen molar-refractivity contribution in [3.05, 3.63) is 0 Å². The zero-order valence-electron chi connectivity index (χ0n) is 10.2. The van der Waals surface area contributed by atoms with E-state index in [1.807, 2.05) is 6.92 Å². The van der Waals surface area contributed by atoms with E-state index in [2.05, 4.69) is 5.32 Å². The van der Waals surface area contributed by atoms with Gasteiger partial charge in [-0.25, -0.2) is 0 Å². The van der Waals surface area contributed by atoms with E-state index in [1.165, 1.54) is 12.8 Å². The number of hydrogen-bond acceptors (Lipinski definition) is 3. The third-order valence-electron chi connectivity index (χ3n) is 2.75. The summed E-state index contributed by atoms with van der Waals surface area (Å²) in [6, 6.07) is -0.350. The number of carbonyl (C=O) groups excluding carboxylic acids is 1. The van der Waals surface area contributed by atoms with Gasteiger partial charge in [-0.15, -0.1) is 0 Å². The summed E-state index contributed by atoms with van der Waals surface area (Å²) in [7, 11) is 0. The third-order valence-corrected chi connectivity index (χ3v) is 2.75. The van der Waals surface area contributed by atoms with Crippen molar-refractivity contribution in [2.75, 3.05) is 19.8 Å². The Morgan fingerprint density at radius 2 is 2.31 bits per heavy atom. The molecule has 1 rings (SSSR count). The van der Waals surface area contributed by atoms with Crippen LogP contribution in [-0.4, -0.2) is 31.7 Å². The topological polar surface area (TPSA) is 64.4 Å². The number of amides is 1. The first-order valence-corrected chi connectivity index (χ1v) is 6.35. The summed E-state index contributed by atoms with van der Waals surface area (Å²) < 4.78 is 5.46. The van der Waals surface area contributed by atoms with Gasteiger partial charge in [0.05, 0.1) is 6.04 Å². The molecule has 3 N–H and O–H groups in total. The second-order valence-electron chi connectivity index (χ2n) is 4.56. The number of carbonyl (C=O) groups is 1. The molecule has 0 bridgehead atoms. The van der Waals surface area contributed by atoms with E-state index in [1.54, 1.807) is 0 Å². The summed E-state index contributed by atoms with van der Waals surface area (Å²) in [4.78, 5) is 11.4. The van der Waals surface area contributed by atoms with E-state index in [4.69, 9.17) is 10.5 Å². The molecule has 0 aromatic rings. The number of hydrogen-bond donors (Lipinski definition) is 2. The van der Waals surface area contributed by atoms with Crippen LogP contribution in [0.5, 0.6) is 0 Å². The summed E-state index contributed by atoms with van der Waals surface area (Å²) in [5, 5.41) is 2.83. The molecule has 1 aliphatic rings. The lowest BCUT2D eigenvalue weighted by Gasteiger charge is -2.11.